The number of nitrogens with zero attached hydrogens (tertiary/aromatic N) is 1. The van der Waals surface area contributed by atoms with Crippen molar-refractivity contribution in [1.82, 2.24) is 20.5 Å². The van der Waals surface area contributed by atoms with E-state index in [0.717, 1.165) is 35.0 Å². The lowest BCUT2D eigenvalue weighted by Crippen LogP contribution is -2.47. The van der Waals surface area contributed by atoms with Gasteiger partial charge in [0.1, 0.15) is 11.7 Å². The minimum atomic E-state index is -0.604. The second-order valence-electron chi connectivity index (χ2n) is 9.79. The van der Waals surface area contributed by atoms with Crippen molar-refractivity contribution in [3.8, 4) is 11.8 Å². The lowest BCUT2D eigenvalue weighted by molar-refractivity contribution is -0.123. The van der Waals surface area contributed by atoms with Crippen LogP contribution >= 0.6 is 11.6 Å². The normalized spacial score (nSPS) is 18.0. The molecule has 1 aromatic heterocycles. The maximum Gasteiger partial charge on any atom is 0.268 e. The Morgan fingerprint density at radius 3 is 2.80 bits per heavy atom. The number of para-hydroxylation sites is 1. The Balaban J connectivity index is 1.41. The first kappa shape index (κ1) is 25.1. The van der Waals surface area contributed by atoms with Crippen molar-refractivity contribution in [3.05, 3.63) is 58.3 Å². The molecule has 2 aliphatic carbocycles. The number of carbonyl (C=O) groups is 2. The zero-order chi connectivity index (χ0) is 24.9. The number of rotatable bonds is 10. The molecule has 2 atom stereocenters. The third-order valence-electron chi connectivity index (χ3n) is 6.55. The van der Waals surface area contributed by atoms with Crippen molar-refractivity contribution in [2.24, 2.45) is 11.8 Å². The van der Waals surface area contributed by atoms with E-state index in [1.807, 2.05) is 45.3 Å². The van der Waals surface area contributed by atoms with Gasteiger partial charge in [-0.15, -0.1) is 0 Å². The molecular formula is C28H33ClN4O2. The lowest BCUT2D eigenvalue weighted by atomic mass is 10.1. The number of hydrogen-bond donors (Lipinski definition) is 3. The van der Waals surface area contributed by atoms with E-state index in [0.29, 0.717) is 29.6 Å². The van der Waals surface area contributed by atoms with Gasteiger partial charge in [-0.25, -0.2) is 0 Å². The Kier molecular flexibility index (Phi) is 8.00. The highest BCUT2D eigenvalue weighted by Crippen LogP contribution is 2.34. The van der Waals surface area contributed by atoms with Gasteiger partial charge in [0.05, 0.1) is 16.5 Å². The van der Waals surface area contributed by atoms with Crippen LogP contribution in [0.15, 0.2) is 42.0 Å². The minimum Gasteiger partial charge on any atom is -0.350 e. The molecule has 2 aromatic rings. The van der Waals surface area contributed by atoms with Gasteiger partial charge in [0, 0.05) is 18.5 Å². The fourth-order valence-corrected chi connectivity index (χ4v) is 4.57. The van der Waals surface area contributed by atoms with Gasteiger partial charge in [-0.2, -0.15) is 0 Å². The topological polar surface area (TPSA) is 77.2 Å². The number of aromatic nitrogens is 1. The number of fused-ring (bicyclic) bond motifs is 1. The largest absolute Gasteiger partial charge is 0.350 e. The number of benzene rings is 1. The maximum atomic E-state index is 13.2. The van der Waals surface area contributed by atoms with E-state index in [1.54, 1.807) is 6.07 Å². The van der Waals surface area contributed by atoms with E-state index >= 15 is 0 Å². The highest BCUT2D eigenvalue weighted by atomic mass is 35.5. The zero-order valence-electron chi connectivity index (χ0n) is 20.6. The first-order valence-corrected chi connectivity index (χ1v) is 12.6. The second kappa shape index (κ2) is 11.2. The summed E-state index contributed by atoms with van der Waals surface area (Å²) in [6, 6.07) is 4.98. The molecule has 7 heteroatoms. The smallest absolute Gasteiger partial charge is 0.268 e. The molecule has 2 unspecified atom stereocenters. The van der Waals surface area contributed by atoms with Crippen LogP contribution in [0.3, 0.4) is 0 Å². The van der Waals surface area contributed by atoms with Gasteiger partial charge in [0.25, 0.3) is 5.91 Å². The van der Waals surface area contributed by atoms with Gasteiger partial charge >= 0.3 is 0 Å². The number of aryl methyl sites for hydroxylation is 1. The summed E-state index contributed by atoms with van der Waals surface area (Å²) in [5, 5.41) is 7.44. The summed E-state index contributed by atoms with van der Waals surface area (Å²) in [7, 11) is 4.05. The Bertz CT molecular complexity index is 1230. The van der Waals surface area contributed by atoms with Crippen LogP contribution < -0.4 is 10.6 Å². The fraction of sp³-hybridized carbons (Fsp3) is 0.429. The van der Waals surface area contributed by atoms with E-state index in [4.69, 9.17) is 11.6 Å². The summed E-state index contributed by atoms with van der Waals surface area (Å²) < 4.78 is 0. The van der Waals surface area contributed by atoms with Crippen LogP contribution in [0.2, 0.25) is 5.02 Å². The van der Waals surface area contributed by atoms with Crippen molar-refractivity contribution in [3.63, 3.8) is 0 Å². The number of nitrogens with one attached hydrogen (secondary N) is 3. The number of hydrogen-bond acceptors (Lipinski definition) is 3. The average Bonchev–Trinajstić information content (AvgIpc) is 3.61. The summed E-state index contributed by atoms with van der Waals surface area (Å²) in [5.74, 6) is 6.66. The van der Waals surface area contributed by atoms with Gasteiger partial charge in [-0.05, 0) is 63.1 Å². The van der Waals surface area contributed by atoms with Gasteiger partial charge in [-0.3, -0.25) is 9.59 Å². The molecule has 0 saturated heterocycles. The van der Waals surface area contributed by atoms with Gasteiger partial charge in [0.15, 0.2) is 0 Å². The van der Waals surface area contributed by atoms with Crippen molar-refractivity contribution in [1.29, 1.82) is 0 Å². The number of H-pyrrole nitrogens is 1. The summed E-state index contributed by atoms with van der Waals surface area (Å²) in [5.41, 5.74) is 2.94. The first-order chi connectivity index (χ1) is 16.8. The highest BCUT2D eigenvalue weighted by molar-refractivity contribution is 6.35. The second-order valence-corrected chi connectivity index (χ2v) is 10.2. The van der Waals surface area contributed by atoms with E-state index in [9.17, 15) is 9.59 Å². The molecular weight excluding hydrogens is 460 g/mol. The fourth-order valence-electron chi connectivity index (χ4n) is 4.35. The van der Waals surface area contributed by atoms with E-state index in [-0.39, 0.29) is 17.7 Å². The molecule has 1 heterocycles. The van der Waals surface area contributed by atoms with Crippen LogP contribution in [0.25, 0.3) is 10.9 Å². The van der Waals surface area contributed by atoms with Crippen LogP contribution in [0.5, 0.6) is 0 Å². The summed E-state index contributed by atoms with van der Waals surface area (Å²) in [6.45, 7) is 3.11. The predicted molar refractivity (Wildman–Crippen MR) is 141 cm³/mol. The number of aromatic amines is 1. The molecule has 0 radical (unpaired) electrons. The molecule has 0 aliphatic heterocycles. The molecule has 1 aromatic carbocycles. The van der Waals surface area contributed by atoms with Crippen LogP contribution in [0, 0.1) is 30.6 Å². The van der Waals surface area contributed by atoms with Crippen molar-refractivity contribution in [2.75, 3.05) is 27.2 Å². The average molecular weight is 493 g/mol. The standard InChI is InChI=1S/C28H33ClN4O2/c1-18-22-8-5-9-23(29)26(22)32-25(18)28(35)31-24(15-14-19-10-11-19)27(34)30-16-20-6-4-7-21(13-12-20)17-33(2)3/h5-6,8-9,12-13,19,21,24,32H,10-11,14-17H2,1-3H3,(H,30,34)(H,31,35). The highest BCUT2D eigenvalue weighted by Gasteiger charge is 2.28. The Morgan fingerprint density at radius 1 is 1.29 bits per heavy atom. The molecule has 184 valence electrons. The van der Waals surface area contributed by atoms with Crippen molar-refractivity contribution in [2.45, 2.75) is 38.6 Å². The molecule has 2 amide bonds. The summed E-state index contributed by atoms with van der Waals surface area (Å²) in [6.07, 6.45) is 9.88. The van der Waals surface area contributed by atoms with Crippen LogP contribution in [0.1, 0.15) is 41.7 Å². The van der Waals surface area contributed by atoms with Crippen LogP contribution in [-0.2, 0) is 4.79 Å². The molecule has 2 aliphatic rings. The van der Waals surface area contributed by atoms with Gasteiger partial charge in [0.2, 0.25) is 5.91 Å². The third-order valence-corrected chi connectivity index (χ3v) is 6.86. The van der Waals surface area contributed by atoms with Crippen molar-refractivity contribution >= 4 is 34.3 Å². The Morgan fingerprint density at radius 2 is 2.09 bits per heavy atom. The molecule has 4 rings (SSSR count). The number of allylic oxidation sites excluding steroid dienone is 1. The molecule has 1 saturated carbocycles. The number of carbonyl (C=O) groups excluding carboxylic acids is 2. The zero-order valence-corrected chi connectivity index (χ0v) is 21.3. The summed E-state index contributed by atoms with van der Waals surface area (Å²) >= 11 is 6.31. The molecule has 0 spiro atoms. The molecule has 6 nitrogen and oxygen atoms in total. The molecule has 1 fully saturated rings. The maximum absolute atomic E-state index is 13.2. The van der Waals surface area contributed by atoms with Gasteiger partial charge in [-0.1, -0.05) is 60.6 Å². The predicted octanol–water partition coefficient (Wildman–Crippen LogP) is 4.21. The first-order valence-electron chi connectivity index (χ1n) is 12.2. The minimum absolute atomic E-state index is 0.160. The van der Waals surface area contributed by atoms with E-state index < -0.39 is 6.04 Å². The van der Waals surface area contributed by atoms with Gasteiger partial charge < -0.3 is 20.5 Å². The summed E-state index contributed by atoms with van der Waals surface area (Å²) in [4.78, 5) is 31.6. The van der Waals surface area contributed by atoms with E-state index in [1.165, 1.54) is 12.8 Å². The van der Waals surface area contributed by atoms with E-state index in [2.05, 4.69) is 38.4 Å². The van der Waals surface area contributed by atoms with Crippen LogP contribution in [0.4, 0.5) is 0 Å². The number of halogens is 1. The lowest BCUT2D eigenvalue weighted by Gasteiger charge is -2.19. The Labute approximate surface area is 212 Å². The molecule has 3 N–H and O–H groups in total. The Hall–Kier alpha value is -3.01. The third kappa shape index (κ3) is 6.56. The van der Waals surface area contributed by atoms with Crippen LogP contribution in [-0.4, -0.2) is 54.9 Å². The van der Waals surface area contributed by atoms with Crippen molar-refractivity contribution < 1.29 is 9.59 Å². The molecule has 35 heavy (non-hydrogen) atoms. The number of amides is 2. The quantitative estimate of drug-likeness (QED) is 0.435. The monoisotopic (exact) mass is 492 g/mol. The molecule has 0 bridgehead atoms. The SMILES string of the molecule is Cc1c(C(=O)NC(CCC2CC2)C(=O)NCC2=CC#CC(CN(C)C)C=C2)[nH]c2c(Cl)cccc12.